The van der Waals surface area contributed by atoms with Crippen LogP contribution < -0.4 is 5.32 Å². The second-order valence-corrected chi connectivity index (χ2v) is 2.22. The quantitative estimate of drug-likeness (QED) is 0.340. The summed E-state index contributed by atoms with van der Waals surface area (Å²) in [6.07, 6.45) is 1.35. The molecule has 0 radical (unpaired) electrons. The van der Waals surface area contributed by atoms with Gasteiger partial charge in [0.1, 0.15) is 0 Å². The van der Waals surface area contributed by atoms with Crippen molar-refractivity contribution in [3.63, 3.8) is 0 Å². The van der Waals surface area contributed by atoms with Crippen molar-refractivity contribution in [1.82, 2.24) is 5.32 Å². The summed E-state index contributed by atoms with van der Waals surface area (Å²) < 4.78 is 0. The molecule has 0 aromatic carbocycles. The Bertz CT molecular complexity index is 184. The predicted molar refractivity (Wildman–Crippen MR) is 35.2 cm³/mol. The lowest BCUT2D eigenvalue weighted by molar-refractivity contribution is -0.119. The van der Waals surface area contributed by atoms with Crippen molar-refractivity contribution in [2.24, 2.45) is 5.11 Å². The van der Waals surface area contributed by atoms with Gasteiger partial charge in [-0.3, -0.25) is 4.79 Å². The first kappa shape index (κ1) is 6.89. The Kier molecular flexibility index (Phi) is 2.12. The van der Waals surface area contributed by atoms with E-state index in [4.69, 9.17) is 5.53 Å². The Morgan fingerprint density at radius 1 is 1.90 bits per heavy atom. The molecule has 10 heavy (non-hydrogen) atoms. The van der Waals surface area contributed by atoms with Gasteiger partial charge in [-0.25, -0.2) is 0 Å². The molecule has 1 rings (SSSR count). The normalized spacial score (nSPS) is 23.6. The van der Waals surface area contributed by atoms with Gasteiger partial charge >= 0.3 is 0 Å². The maximum Gasteiger partial charge on any atom is 0.220 e. The molecule has 1 heterocycles. The van der Waals surface area contributed by atoms with E-state index in [1.165, 1.54) is 0 Å². The van der Waals surface area contributed by atoms with Crippen molar-refractivity contribution >= 4 is 5.91 Å². The van der Waals surface area contributed by atoms with Crippen LogP contribution in [0.4, 0.5) is 0 Å². The van der Waals surface area contributed by atoms with Gasteiger partial charge in [0.2, 0.25) is 5.91 Å². The fraction of sp³-hybridized carbons (Fsp3) is 0.800. The number of rotatable bonds is 2. The summed E-state index contributed by atoms with van der Waals surface area (Å²) >= 11 is 0. The van der Waals surface area contributed by atoms with Crippen LogP contribution in [0.2, 0.25) is 0 Å². The Morgan fingerprint density at radius 3 is 3.20 bits per heavy atom. The van der Waals surface area contributed by atoms with Crippen LogP contribution in [0.3, 0.4) is 0 Å². The molecule has 0 saturated carbocycles. The van der Waals surface area contributed by atoms with Crippen molar-refractivity contribution in [2.45, 2.75) is 18.9 Å². The van der Waals surface area contributed by atoms with Crippen LogP contribution in [0.25, 0.3) is 10.4 Å². The van der Waals surface area contributed by atoms with Gasteiger partial charge in [0.25, 0.3) is 0 Å². The van der Waals surface area contributed by atoms with Gasteiger partial charge < -0.3 is 5.32 Å². The van der Waals surface area contributed by atoms with Crippen LogP contribution in [-0.4, -0.2) is 18.5 Å². The maximum absolute atomic E-state index is 10.6. The minimum Gasteiger partial charge on any atom is -0.353 e. The predicted octanol–water partition coefficient (Wildman–Crippen LogP) is 0.575. The molecule has 0 aromatic heterocycles. The third-order valence-electron chi connectivity index (χ3n) is 1.45. The molecule has 1 amide bonds. The lowest BCUT2D eigenvalue weighted by Crippen LogP contribution is -2.27. The van der Waals surface area contributed by atoms with Crippen LogP contribution >= 0.6 is 0 Å². The summed E-state index contributed by atoms with van der Waals surface area (Å²) in [6.45, 7) is 0.377. The molecular formula is C5H8N4O. The third kappa shape index (κ3) is 1.63. The van der Waals surface area contributed by atoms with Crippen molar-refractivity contribution in [1.29, 1.82) is 0 Å². The second-order valence-electron chi connectivity index (χ2n) is 2.22. The number of amides is 1. The molecule has 5 nitrogen and oxygen atoms in total. The fourth-order valence-electron chi connectivity index (χ4n) is 0.949. The van der Waals surface area contributed by atoms with Gasteiger partial charge in [-0.05, 0) is 12.0 Å². The second kappa shape index (κ2) is 3.08. The van der Waals surface area contributed by atoms with Gasteiger partial charge in [-0.15, -0.1) is 0 Å². The van der Waals surface area contributed by atoms with Crippen LogP contribution in [0.1, 0.15) is 12.8 Å². The minimum absolute atomic E-state index is 0.0538. The Hall–Kier alpha value is -1.22. The smallest absolute Gasteiger partial charge is 0.220 e. The van der Waals surface area contributed by atoms with E-state index in [0.717, 1.165) is 6.42 Å². The number of carbonyl (C=O) groups excluding carboxylic acids is 1. The van der Waals surface area contributed by atoms with Crippen LogP contribution in [0, 0.1) is 0 Å². The number of nitrogens with one attached hydrogen (secondary N) is 1. The molecule has 0 aliphatic carbocycles. The summed E-state index contributed by atoms with van der Waals surface area (Å²) in [7, 11) is 0. The first-order valence-corrected chi connectivity index (χ1v) is 3.13. The zero-order chi connectivity index (χ0) is 7.40. The lowest BCUT2D eigenvalue weighted by Gasteiger charge is -2.02. The molecule has 0 spiro atoms. The topological polar surface area (TPSA) is 77.9 Å². The molecule has 0 aromatic rings. The van der Waals surface area contributed by atoms with Gasteiger partial charge in [-0.2, -0.15) is 0 Å². The molecule has 0 unspecified atom stereocenters. The maximum atomic E-state index is 10.6. The first-order valence-electron chi connectivity index (χ1n) is 3.13. The first-order chi connectivity index (χ1) is 4.83. The molecule has 54 valence electrons. The molecule has 1 saturated heterocycles. The van der Waals surface area contributed by atoms with Crippen molar-refractivity contribution in [3.05, 3.63) is 10.4 Å². The SMILES string of the molecule is [N-]=[N+]=NC[C@@H]1CCC(=O)N1. The summed E-state index contributed by atoms with van der Waals surface area (Å²) in [5.74, 6) is 0.0538. The van der Waals surface area contributed by atoms with Crippen LogP contribution in [0.15, 0.2) is 5.11 Å². The van der Waals surface area contributed by atoms with Gasteiger partial charge in [0.05, 0.1) is 0 Å². The minimum atomic E-state index is 0.0538. The Labute approximate surface area is 58.0 Å². The summed E-state index contributed by atoms with van der Waals surface area (Å²) in [4.78, 5) is 13.2. The number of azide groups is 1. The van der Waals surface area contributed by atoms with Gasteiger partial charge in [-0.1, -0.05) is 5.11 Å². The Morgan fingerprint density at radius 2 is 2.70 bits per heavy atom. The molecule has 1 fully saturated rings. The number of hydrogen-bond acceptors (Lipinski definition) is 2. The largest absolute Gasteiger partial charge is 0.353 e. The monoisotopic (exact) mass is 140 g/mol. The lowest BCUT2D eigenvalue weighted by atomic mass is 10.2. The molecular weight excluding hydrogens is 132 g/mol. The Balaban J connectivity index is 2.31. The number of carbonyl (C=O) groups is 1. The van der Waals surface area contributed by atoms with E-state index in [9.17, 15) is 4.79 Å². The standard InChI is InChI=1S/C5H8N4O/c6-9-7-3-4-1-2-5(10)8-4/h4H,1-3H2,(H,8,10)/t4-/m0/s1. The molecule has 1 N–H and O–H groups in total. The fourth-order valence-corrected chi connectivity index (χ4v) is 0.949. The van der Waals surface area contributed by atoms with Gasteiger partial charge in [0, 0.05) is 23.9 Å². The van der Waals surface area contributed by atoms with Crippen LogP contribution in [0.5, 0.6) is 0 Å². The van der Waals surface area contributed by atoms with E-state index in [-0.39, 0.29) is 11.9 Å². The number of hydrogen-bond donors (Lipinski definition) is 1. The van der Waals surface area contributed by atoms with E-state index in [1.807, 2.05) is 0 Å². The summed E-state index contributed by atoms with van der Waals surface area (Å²) in [5.41, 5.74) is 7.94. The zero-order valence-electron chi connectivity index (χ0n) is 5.45. The molecule has 1 aliphatic heterocycles. The summed E-state index contributed by atoms with van der Waals surface area (Å²) in [5, 5.41) is 6.04. The molecule has 1 aliphatic rings. The molecule has 1 atom stereocenters. The highest BCUT2D eigenvalue weighted by molar-refractivity contribution is 5.78. The van der Waals surface area contributed by atoms with Crippen molar-refractivity contribution < 1.29 is 4.79 Å². The van der Waals surface area contributed by atoms with Crippen LogP contribution in [-0.2, 0) is 4.79 Å². The van der Waals surface area contributed by atoms with E-state index in [1.54, 1.807) is 0 Å². The zero-order valence-corrected chi connectivity index (χ0v) is 5.45. The van der Waals surface area contributed by atoms with E-state index in [2.05, 4.69) is 15.3 Å². The molecule has 0 bridgehead atoms. The molecule has 5 heteroatoms. The number of nitrogens with zero attached hydrogens (tertiary/aromatic N) is 3. The highest BCUT2D eigenvalue weighted by atomic mass is 16.1. The highest BCUT2D eigenvalue weighted by Crippen LogP contribution is 2.05. The van der Waals surface area contributed by atoms with Gasteiger partial charge in [0.15, 0.2) is 0 Å². The van der Waals surface area contributed by atoms with Crippen molar-refractivity contribution in [2.75, 3.05) is 6.54 Å². The summed E-state index contributed by atoms with van der Waals surface area (Å²) in [6, 6.07) is 0.0726. The van der Waals surface area contributed by atoms with Crippen molar-refractivity contribution in [3.8, 4) is 0 Å². The third-order valence-corrected chi connectivity index (χ3v) is 1.45. The van der Waals surface area contributed by atoms with E-state index >= 15 is 0 Å². The average molecular weight is 140 g/mol. The van der Waals surface area contributed by atoms with E-state index in [0.29, 0.717) is 13.0 Å². The van der Waals surface area contributed by atoms with E-state index < -0.39 is 0 Å². The average Bonchev–Trinajstić information content (AvgIpc) is 2.31. The highest BCUT2D eigenvalue weighted by Gasteiger charge is 2.18.